The Morgan fingerprint density at radius 2 is 2.22 bits per heavy atom. The fraction of sp³-hybridized carbons (Fsp3) is 0.571. The number of aromatic nitrogens is 1. The van der Waals surface area contributed by atoms with E-state index in [1.165, 1.54) is 12.3 Å². The van der Waals surface area contributed by atoms with Crippen molar-refractivity contribution in [2.75, 3.05) is 0 Å². The van der Waals surface area contributed by atoms with Crippen molar-refractivity contribution in [2.24, 2.45) is 11.8 Å². The lowest BCUT2D eigenvalue weighted by atomic mass is 9.80. The first-order valence-electron chi connectivity index (χ1n) is 6.48. The van der Waals surface area contributed by atoms with E-state index in [1.54, 1.807) is 0 Å². The summed E-state index contributed by atoms with van der Waals surface area (Å²) in [6.07, 6.45) is 5.71. The van der Waals surface area contributed by atoms with Gasteiger partial charge in [-0.25, -0.2) is 4.39 Å². The molecular formula is C14H19FN2O. The van der Waals surface area contributed by atoms with Crippen molar-refractivity contribution in [2.45, 2.75) is 39.2 Å². The molecule has 18 heavy (non-hydrogen) atoms. The number of carbonyl (C=O) groups is 1. The van der Waals surface area contributed by atoms with Crippen LogP contribution in [0.1, 0.15) is 43.5 Å². The van der Waals surface area contributed by atoms with Crippen molar-refractivity contribution in [3.05, 3.63) is 29.8 Å². The van der Waals surface area contributed by atoms with Gasteiger partial charge in [0.05, 0.1) is 11.8 Å². The molecule has 1 aromatic rings. The Balaban J connectivity index is 2.02. The van der Waals surface area contributed by atoms with Gasteiger partial charge in [-0.05, 0) is 37.2 Å². The van der Waals surface area contributed by atoms with Crippen LogP contribution >= 0.6 is 0 Å². The zero-order chi connectivity index (χ0) is 13.1. The van der Waals surface area contributed by atoms with E-state index < -0.39 is 5.82 Å². The molecule has 1 heterocycles. The summed E-state index contributed by atoms with van der Waals surface area (Å²) in [6, 6.07) is 1.57. The molecule has 1 amide bonds. The first-order valence-corrected chi connectivity index (χ1v) is 6.48. The van der Waals surface area contributed by atoms with Gasteiger partial charge < -0.3 is 5.32 Å². The molecule has 3 unspecified atom stereocenters. The molecular weight excluding hydrogens is 231 g/mol. The summed E-state index contributed by atoms with van der Waals surface area (Å²) in [7, 11) is 0. The first kappa shape index (κ1) is 13.0. The van der Waals surface area contributed by atoms with Crippen molar-refractivity contribution >= 4 is 5.91 Å². The summed E-state index contributed by atoms with van der Waals surface area (Å²) in [6.45, 7) is 4.38. The minimum absolute atomic E-state index is 0.0795. The van der Waals surface area contributed by atoms with E-state index >= 15 is 0 Å². The van der Waals surface area contributed by atoms with Crippen molar-refractivity contribution in [1.29, 1.82) is 0 Å². The molecule has 98 valence electrons. The lowest BCUT2D eigenvalue weighted by Crippen LogP contribution is -2.42. The van der Waals surface area contributed by atoms with Crippen LogP contribution in [0.4, 0.5) is 4.39 Å². The number of halogens is 1. The molecule has 3 nitrogen and oxygen atoms in total. The lowest BCUT2D eigenvalue weighted by Gasteiger charge is -2.33. The quantitative estimate of drug-likeness (QED) is 0.877. The number of rotatable bonds is 2. The molecule has 4 heteroatoms. The van der Waals surface area contributed by atoms with Gasteiger partial charge in [0.2, 0.25) is 0 Å². The molecule has 2 rings (SSSR count). The van der Waals surface area contributed by atoms with E-state index in [4.69, 9.17) is 0 Å². The van der Waals surface area contributed by atoms with Crippen LogP contribution in [-0.2, 0) is 0 Å². The predicted octanol–water partition coefficient (Wildman–Crippen LogP) is 2.78. The predicted molar refractivity (Wildman–Crippen MR) is 67.6 cm³/mol. The number of hydrogen-bond donors (Lipinski definition) is 1. The highest BCUT2D eigenvalue weighted by Crippen LogP contribution is 2.28. The Morgan fingerprint density at radius 1 is 1.44 bits per heavy atom. The number of pyridine rings is 1. The summed E-state index contributed by atoms with van der Waals surface area (Å²) in [5.74, 6) is 0.265. The largest absolute Gasteiger partial charge is 0.349 e. The third-order valence-electron chi connectivity index (χ3n) is 3.77. The molecule has 3 atom stereocenters. The van der Waals surface area contributed by atoms with Crippen molar-refractivity contribution in [1.82, 2.24) is 10.3 Å². The third-order valence-corrected chi connectivity index (χ3v) is 3.77. The number of carbonyl (C=O) groups excluding carboxylic acids is 1. The second kappa shape index (κ2) is 5.46. The standard InChI is InChI=1S/C14H19FN2O/c1-9-3-4-13(10(2)7-9)17-14(18)11-5-6-16-8-12(11)15/h5-6,8-10,13H,3-4,7H2,1-2H3,(H,17,18). The monoisotopic (exact) mass is 250 g/mol. The minimum Gasteiger partial charge on any atom is -0.349 e. The normalized spacial score (nSPS) is 27.8. The average Bonchev–Trinajstić information content (AvgIpc) is 2.33. The fourth-order valence-corrected chi connectivity index (χ4v) is 2.69. The second-order valence-corrected chi connectivity index (χ2v) is 5.33. The molecule has 1 saturated carbocycles. The Kier molecular flexibility index (Phi) is 3.94. The van der Waals surface area contributed by atoms with Crippen LogP contribution in [0, 0.1) is 17.7 Å². The molecule has 0 bridgehead atoms. The Hall–Kier alpha value is -1.45. The maximum absolute atomic E-state index is 13.4. The van der Waals surface area contributed by atoms with Crippen LogP contribution in [-0.4, -0.2) is 16.9 Å². The van der Waals surface area contributed by atoms with Gasteiger partial charge in [0, 0.05) is 12.2 Å². The van der Waals surface area contributed by atoms with Crippen LogP contribution in [0.25, 0.3) is 0 Å². The van der Waals surface area contributed by atoms with E-state index in [0.29, 0.717) is 11.8 Å². The first-order chi connectivity index (χ1) is 8.58. The van der Waals surface area contributed by atoms with E-state index in [1.807, 2.05) is 0 Å². The van der Waals surface area contributed by atoms with E-state index in [2.05, 4.69) is 24.1 Å². The third kappa shape index (κ3) is 2.86. The molecule has 0 spiro atoms. The van der Waals surface area contributed by atoms with Gasteiger partial charge in [0.25, 0.3) is 5.91 Å². The molecule has 0 aliphatic heterocycles. The van der Waals surface area contributed by atoms with Gasteiger partial charge in [-0.1, -0.05) is 13.8 Å². The Bertz CT molecular complexity index is 436. The minimum atomic E-state index is -0.563. The number of nitrogens with one attached hydrogen (secondary N) is 1. The van der Waals surface area contributed by atoms with Crippen molar-refractivity contribution in [3.63, 3.8) is 0 Å². The van der Waals surface area contributed by atoms with Gasteiger partial charge in [0.1, 0.15) is 0 Å². The molecule has 0 aromatic carbocycles. The number of nitrogens with zero attached hydrogens (tertiary/aromatic N) is 1. The summed E-state index contributed by atoms with van der Waals surface area (Å²) in [4.78, 5) is 15.6. The summed E-state index contributed by atoms with van der Waals surface area (Å²) in [5, 5.41) is 2.94. The van der Waals surface area contributed by atoms with E-state index in [0.717, 1.165) is 25.5 Å². The molecule has 0 radical (unpaired) electrons. The van der Waals surface area contributed by atoms with Gasteiger partial charge in [-0.15, -0.1) is 0 Å². The van der Waals surface area contributed by atoms with E-state index in [9.17, 15) is 9.18 Å². The molecule has 0 saturated heterocycles. The van der Waals surface area contributed by atoms with Crippen LogP contribution in [0.5, 0.6) is 0 Å². The highest BCUT2D eigenvalue weighted by atomic mass is 19.1. The van der Waals surface area contributed by atoms with Crippen LogP contribution in [0.3, 0.4) is 0 Å². The fourth-order valence-electron chi connectivity index (χ4n) is 2.69. The van der Waals surface area contributed by atoms with Gasteiger partial charge in [0.15, 0.2) is 5.82 Å². The molecule has 1 aromatic heterocycles. The SMILES string of the molecule is CC1CCC(NC(=O)c2ccncc2F)C(C)C1. The molecule has 1 N–H and O–H groups in total. The van der Waals surface area contributed by atoms with Gasteiger partial charge in [-0.3, -0.25) is 9.78 Å². The Morgan fingerprint density at radius 3 is 2.89 bits per heavy atom. The lowest BCUT2D eigenvalue weighted by molar-refractivity contribution is 0.0895. The zero-order valence-electron chi connectivity index (χ0n) is 10.8. The highest BCUT2D eigenvalue weighted by molar-refractivity contribution is 5.94. The summed E-state index contributed by atoms with van der Waals surface area (Å²) < 4.78 is 13.4. The second-order valence-electron chi connectivity index (χ2n) is 5.33. The summed E-state index contributed by atoms with van der Waals surface area (Å²) in [5.41, 5.74) is 0.0795. The zero-order valence-corrected chi connectivity index (χ0v) is 10.8. The number of hydrogen-bond acceptors (Lipinski definition) is 2. The van der Waals surface area contributed by atoms with Gasteiger partial charge >= 0.3 is 0 Å². The van der Waals surface area contributed by atoms with E-state index in [-0.39, 0.29) is 17.5 Å². The summed E-state index contributed by atoms with van der Waals surface area (Å²) >= 11 is 0. The number of amides is 1. The maximum Gasteiger partial charge on any atom is 0.254 e. The van der Waals surface area contributed by atoms with Crippen molar-refractivity contribution < 1.29 is 9.18 Å². The highest BCUT2D eigenvalue weighted by Gasteiger charge is 2.27. The smallest absolute Gasteiger partial charge is 0.254 e. The van der Waals surface area contributed by atoms with Crippen LogP contribution in [0.2, 0.25) is 0 Å². The molecule has 1 aliphatic carbocycles. The molecule has 1 aliphatic rings. The maximum atomic E-state index is 13.4. The van der Waals surface area contributed by atoms with Crippen LogP contribution < -0.4 is 5.32 Å². The molecule has 1 fully saturated rings. The van der Waals surface area contributed by atoms with Crippen LogP contribution in [0.15, 0.2) is 18.5 Å². The van der Waals surface area contributed by atoms with Gasteiger partial charge in [-0.2, -0.15) is 0 Å². The Labute approximate surface area is 107 Å². The van der Waals surface area contributed by atoms with Crippen molar-refractivity contribution in [3.8, 4) is 0 Å². The average molecular weight is 250 g/mol. The topological polar surface area (TPSA) is 42.0 Å².